The maximum Gasteiger partial charge on any atom is 0.206 e. The predicted molar refractivity (Wildman–Crippen MR) is 99.3 cm³/mol. The van der Waals surface area contributed by atoms with Gasteiger partial charge in [0.2, 0.25) is 5.16 Å². The Balaban J connectivity index is 1.98. The van der Waals surface area contributed by atoms with E-state index >= 15 is 0 Å². The van der Waals surface area contributed by atoms with Gasteiger partial charge in [0.15, 0.2) is 0 Å². The van der Waals surface area contributed by atoms with Crippen LogP contribution in [0.4, 0.5) is 0 Å². The van der Waals surface area contributed by atoms with E-state index in [0.29, 0.717) is 0 Å². The van der Waals surface area contributed by atoms with Crippen LogP contribution in [0.3, 0.4) is 0 Å². The number of hydrogen-bond donors (Lipinski definition) is 0. The van der Waals surface area contributed by atoms with Crippen LogP contribution in [-0.4, -0.2) is 20.5 Å². The second-order valence-electron chi connectivity index (χ2n) is 5.22. The van der Waals surface area contributed by atoms with Crippen molar-refractivity contribution in [3.8, 4) is 5.69 Å². The van der Waals surface area contributed by atoms with Crippen molar-refractivity contribution >= 4 is 21.6 Å². The molecular weight excluding hydrogens is 322 g/mol. The zero-order valence-corrected chi connectivity index (χ0v) is 14.9. The fourth-order valence-corrected chi connectivity index (χ4v) is 3.89. The molecule has 0 saturated carbocycles. The van der Waals surface area contributed by atoms with Gasteiger partial charge < -0.3 is 0 Å². The van der Waals surface area contributed by atoms with E-state index in [9.17, 15) is 0 Å². The minimum atomic E-state index is 0.777. The Morgan fingerprint density at radius 3 is 2.39 bits per heavy atom. The third kappa shape index (κ3) is 3.98. The van der Waals surface area contributed by atoms with Crippen LogP contribution in [0.25, 0.3) is 5.69 Å². The van der Waals surface area contributed by atoms with Gasteiger partial charge in [-0.25, -0.2) is 0 Å². The largest absolute Gasteiger partial charge is 0.273 e. The molecule has 0 unspecified atom stereocenters. The highest BCUT2D eigenvalue weighted by Gasteiger charge is 2.15. The Morgan fingerprint density at radius 2 is 1.70 bits per heavy atom. The maximum atomic E-state index is 4.44. The molecule has 0 atom stereocenters. The second kappa shape index (κ2) is 7.70. The van der Waals surface area contributed by atoms with Gasteiger partial charge in [0.05, 0.1) is 0 Å². The summed E-state index contributed by atoms with van der Waals surface area (Å²) in [6, 6.07) is 18.9. The number of hydrogen-bond acceptors (Lipinski definition) is 4. The van der Waals surface area contributed by atoms with Crippen molar-refractivity contribution < 1.29 is 0 Å². The lowest BCUT2D eigenvalue weighted by molar-refractivity contribution is 0.850. The van der Waals surface area contributed by atoms with E-state index in [0.717, 1.165) is 28.8 Å². The molecule has 0 aliphatic heterocycles. The Labute approximate surface area is 144 Å². The molecule has 0 radical (unpaired) electrons. The lowest BCUT2D eigenvalue weighted by atomic mass is 10.1. The summed E-state index contributed by atoms with van der Waals surface area (Å²) in [6.45, 7) is 4.25. The summed E-state index contributed by atoms with van der Waals surface area (Å²) in [5.74, 6) is 2.01. The highest BCUT2D eigenvalue weighted by molar-refractivity contribution is 8.76. The van der Waals surface area contributed by atoms with Gasteiger partial charge in [0.25, 0.3) is 0 Å². The number of aromatic nitrogens is 3. The summed E-state index contributed by atoms with van der Waals surface area (Å²) in [7, 11) is 3.47. The van der Waals surface area contributed by atoms with Crippen molar-refractivity contribution in [2.24, 2.45) is 0 Å². The van der Waals surface area contributed by atoms with Gasteiger partial charge in [-0.1, -0.05) is 65.7 Å². The van der Waals surface area contributed by atoms with Crippen LogP contribution < -0.4 is 0 Å². The van der Waals surface area contributed by atoms with E-state index in [1.807, 2.05) is 6.07 Å². The minimum Gasteiger partial charge on any atom is -0.273 e. The molecule has 2 aromatic carbocycles. The first-order chi connectivity index (χ1) is 11.3. The smallest absolute Gasteiger partial charge is 0.206 e. The summed E-state index contributed by atoms with van der Waals surface area (Å²) < 4.78 is 2.17. The van der Waals surface area contributed by atoms with Crippen LogP contribution in [0.1, 0.15) is 23.9 Å². The topological polar surface area (TPSA) is 30.7 Å². The standard InChI is InChI=1S/C18H19N3S2/c1-3-22-23-18-20-19-17(13-15-7-5-4-6-8-15)21(18)16-11-9-14(2)10-12-16/h4-12H,3,13H2,1-2H3. The number of nitrogens with zero attached hydrogens (tertiary/aromatic N) is 3. The molecular formula is C18H19N3S2. The van der Waals surface area contributed by atoms with E-state index < -0.39 is 0 Å². The average Bonchev–Trinajstić information content (AvgIpc) is 2.97. The molecule has 3 aromatic rings. The van der Waals surface area contributed by atoms with Crippen molar-refractivity contribution in [3.05, 3.63) is 71.5 Å². The first-order valence-corrected chi connectivity index (χ1v) is 9.94. The van der Waals surface area contributed by atoms with E-state index in [-0.39, 0.29) is 0 Å². The summed E-state index contributed by atoms with van der Waals surface area (Å²) in [4.78, 5) is 0. The van der Waals surface area contributed by atoms with Gasteiger partial charge in [0.1, 0.15) is 5.82 Å². The van der Waals surface area contributed by atoms with Gasteiger partial charge in [0, 0.05) is 17.9 Å². The summed E-state index contributed by atoms with van der Waals surface area (Å²) in [5, 5.41) is 9.78. The minimum absolute atomic E-state index is 0.777. The van der Waals surface area contributed by atoms with Crippen LogP contribution in [0, 0.1) is 6.92 Å². The third-order valence-corrected chi connectivity index (χ3v) is 5.72. The lowest BCUT2D eigenvalue weighted by Crippen LogP contribution is -2.03. The third-order valence-electron chi connectivity index (χ3n) is 3.45. The molecule has 5 heteroatoms. The number of rotatable bonds is 6. The fourth-order valence-electron chi connectivity index (χ4n) is 2.31. The van der Waals surface area contributed by atoms with Crippen LogP contribution in [-0.2, 0) is 6.42 Å². The zero-order chi connectivity index (χ0) is 16.1. The number of benzene rings is 2. The van der Waals surface area contributed by atoms with E-state index in [4.69, 9.17) is 0 Å². The molecule has 0 aliphatic rings. The average molecular weight is 342 g/mol. The Bertz CT molecular complexity index is 752. The molecule has 1 aromatic heterocycles. The Morgan fingerprint density at radius 1 is 0.957 bits per heavy atom. The molecule has 0 N–H and O–H groups in total. The first kappa shape index (κ1) is 16.1. The normalized spacial score (nSPS) is 10.9. The van der Waals surface area contributed by atoms with Crippen LogP contribution >= 0.6 is 21.6 Å². The first-order valence-electron chi connectivity index (χ1n) is 7.62. The van der Waals surface area contributed by atoms with Gasteiger partial charge in [-0.3, -0.25) is 4.57 Å². The van der Waals surface area contributed by atoms with Crippen molar-refractivity contribution in [1.29, 1.82) is 0 Å². The highest BCUT2D eigenvalue weighted by Crippen LogP contribution is 2.32. The van der Waals surface area contributed by atoms with Crippen molar-refractivity contribution in [1.82, 2.24) is 14.8 Å². The lowest BCUT2D eigenvalue weighted by Gasteiger charge is -2.10. The molecule has 3 nitrogen and oxygen atoms in total. The molecule has 0 bridgehead atoms. The number of aryl methyl sites for hydroxylation is 1. The Kier molecular flexibility index (Phi) is 5.41. The monoisotopic (exact) mass is 341 g/mol. The molecule has 0 saturated heterocycles. The Hall–Kier alpha value is -1.72. The molecule has 23 heavy (non-hydrogen) atoms. The summed E-state index contributed by atoms with van der Waals surface area (Å²) in [5.41, 5.74) is 3.61. The van der Waals surface area contributed by atoms with Crippen LogP contribution in [0.5, 0.6) is 0 Å². The molecule has 0 aliphatic carbocycles. The molecule has 1 heterocycles. The van der Waals surface area contributed by atoms with Crippen molar-refractivity contribution in [3.63, 3.8) is 0 Å². The quantitative estimate of drug-likeness (QED) is 0.595. The van der Waals surface area contributed by atoms with E-state index in [1.54, 1.807) is 21.6 Å². The van der Waals surface area contributed by atoms with E-state index in [1.165, 1.54) is 11.1 Å². The molecule has 0 fully saturated rings. The molecule has 118 valence electrons. The van der Waals surface area contributed by atoms with Crippen molar-refractivity contribution in [2.75, 3.05) is 5.75 Å². The van der Waals surface area contributed by atoms with Gasteiger partial charge in [-0.2, -0.15) is 0 Å². The zero-order valence-electron chi connectivity index (χ0n) is 13.3. The maximum absolute atomic E-state index is 4.44. The molecule has 0 amide bonds. The second-order valence-corrected chi connectivity index (χ2v) is 7.77. The van der Waals surface area contributed by atoms with Gasteiger partial charge >= 0.3 is 0 Å². The summed E-state index contributed by atoms with van der Waals surface area (Å²) >= 11 is 0. The SMILES string of the molecule is CCSSc1nnc(Cc2ccccc2)n1-c1ccc(C)cc1. The molecule has 3 rings (SSSR count). The predicted octanol–water partition coefficient (Wildman–Crippen LogP) is 4.93. The summed E-state index contributed by atoms with van der Waals surface area (Å²) in [6.07, 6.45) is 0.777. The molecule has 0 spiro atoms. The van der Waals surface area contributed by atoms with Gasteiger partial charge in [-0.15, -0.1) is 10.2 Å². The highest BCUT2D eigenvalue weighted by atomic mass is 33.1. The van der Waals surface area contributed by atoms with Gasteiger partial charge in [-0.05, 0) is 35.4 Å². The van der Waals surface area contributed by atoms with Crippen LogP contribution in [0.2, 0.25) is 0 Å². The van der Waals surface area contributed by atoms with Crippen LogP contribution in [0.15, 0.2) is 59.8 Å². The van der Waals surface area contributed by atoms with Crippen molar-refractivity contribution in [2.45, 2.75) is 25.4 Å². The fraction of sp³-hybridized carbons (Fsp3) is 0.222. The van der Waals surface area contributed by atoms with E-state index in [2.05, 4.69) is 77.1 Å².